The number of aryl methyl sites for hydroxylation is 2. The lowest BCUT2D eigenvalue weighted by molar-refractivity contribution is -0.151. The molecule has 0 unspecified atom stereocenters. The summed E-state index contributed by atoms with van der Waals surface area (Å²) in [7, 11) is -0.689. The van der Waals surface area contributed by atoms with Crippen molar-refractivity contribution >= 4 is 45.4 Å². The van der Waals surface area contributed by atoms with E-state index in [9.17, 15) is 27.6 Å². The second kappa shape index (κ2) is 25.4. The van der Waals surface area contributed by atoms with Crippen LogP contribution >= 0.6 is 11.8 Å². The number of hydrogen-bond donors (Lipinski definition) is 0. The highest BCUT2D eigenvalue weighted by atomic mass is 32.2. The van der Waals surface area contributed by atoms with Gasteiger partial charge in [0.05, 0.1) is 37.6 Å². The van der Waals surface area contributed by atoms with Gasteiger partial charge >= 0.3 is 11.9 Å². The quantitative estimate of drug-likeness (QED) is 0.0613. The Kier molecular flexibility index (Phi) is 18.6. The predicted octanol–water partition coefficient (Wildman–Crippen LogP) is 9.05. The summed E-state index contributed by atoms with van der Waals surface area (Å²) in [4.78, 5) is 56.5. The normalized spacial score (nSPS) is 17.7. The molecular weight excluding hydrogens is 917 g/mol. The summed E-state index contributed by atoms with van der Waals surface area (Å²) in [6.07, 6.45) is 2.36. The number of amides is 2. The molecule has 2 aliphatic rings. The van der Waals surface area contributed by atoms with E-state index < -0.39 is 39.7 Å². The van der Waals surface area contributed by atoms with Crippen molar-refractivity contribution in [2.75, 3.05) is 50.3 Å². The monoisotopic (exact) mass is 978 g/mol. The highest BCUT2D eigenvalue weighted by Crippen LogP contribution is 2.35. The van der Waals surface area contributed by atoms with E-state index in [1.54, 1.807) is 4.90 Å². The number of carbonyl (C=O) groups is 4. The lowest BCUT2D eigenvalue weighted by atomic mass is 9.90. The molecule has 364 valence electrons. The molecule has 6 aromatic rings. The average Bonchev–Trinajstić information content (AvgIpc) is 4.03. The Morgan fingerprint density at radius 3 is 1.24 bits per heavy atom. The SMILES string of the molecule is COC(=O)[C@@H]1C[C@H](CS(=O)(=O)CCc2ccccc2)CN1C(=O)C(c1ccccc1)c1ccccc1.COC(=O)[C@@H]1C[C@H](CSCCc2ccccc2)CN1C(=O)C(c1ccccc1)c1ccccc1. The fourth-order valence-corrected chi connectivity index (χ4v) is 12.4. The summed E-state index contributed by atoms with van der Waals surface area (Å²) in [5.74, 6) is -0.341. The van der Waals surface area contributed by atoms with E-state index in [1.807, 2.05) is 169 Å². The number of rotatable bonds is 18. The first kappa shape index (κ1) is 51.4. The molecule has 2 amide bonds. The van der Waals surface area contributed by atoms with E-state index in [1.165, 1.54) is 24.7 Å². The van der Waals surface area contributed by atoms with Crippen molar-refractivity contribution in [1.29, 1.82) is 0 Å². The molecule has 2 aliphatic heterocycles. The Labute approximate surface area is 417 Å². The van der Waals surface area contributed by atoms with Crippen molar-refractivity contribution in [3.05, 3.63) is 215 Å². The van der Waals surface area contributed by atoms with Gasteiger partial charge in [-0.25, -0.2) is 18.0 Å². The number of esters is 2. The number of hydrogen-bond acceptors (Lipinski definition) is 9. The van der Waals surface area contributed by atoms with Gasteiger partial charge in [-0.15, -0.1) is 0 Å². The maximum Gasteiger partial charge on any atom is 0.328 e. The first-order chi connectivity index (χ1) is 34.0. The molecule has 2 fully saturated rings. The van der Waals surface area contributed by atoms with E-state index in [-0.39, 0.29) is 54.1 Å². The van der Waals surface area contributed by atoms with E-state index in [0.717, 1.165) is 45.7 Å². The lowest BCUT2D eigenvalue weighted by Crippen LogP contribution is -2.43. The first-order valence-electron chi connectivity index (χ1n) is 23.9. The van der Waals surface area contributed by atoms with Crippen LogP contribution in [0, 0.1) is 11.8 Å². The molecule has 4 atom stereocenters. The van der Waals surface area contributed by atoms with Crippen LogP contribution in [0.2, 0.25) is 0 Å². The van der Waals surface area contributed by atoms with Gasteiger partial charge in [-0.3, -0.25) is 9.59 Å². The zero-order valence-corrected chi connectivity index (χ0v) is 41.5. The van der Waals surface area contributed by atoms with Gasteiger partial charge in [0.25, 0.3) is 0 Å². The number of ether oxygens (including phenoxy) is 2. The zero-order valence-electron chi connectivity index (χ0n) is 39.8. The molecule has 8 rings (SSSR count). The van der Waals surface area contributed by atoms with Crippen LogP contribution < -0.4 is 0 Å². The first-order valence-corrected chi connectivity index (χ1v) is 26.8. The largest absolute Gasteiger partial charge is 0.467 e. The number of methoxy groups -OCH3 is 2. The minimum atomic E-state index is -3.38. The van der Waals surface area contributed by atoms with Crippen molar-refractivity contribution in [3.8, 4) is 0 Å². The number of nitrogens with zero attached hydrogens (tertiary/aromatic N) is 2. The molecule has 2 heterocycles. The van der Waals surface area contributed by atoms with Gasteiger partial charge in [0, 0.05) is 13.1 Å². The van der Waals surface area contributed by atoms with Gasteiger partial charge in [-0.1, -0.05) is 182 Å². The molecule has 2 saturated heterocycles. The second-order valence-corrected chi connectivity index (χ2v) is 21.3. The maximum absolute atomic E-state index is 14.0. The van der Waals surface area contributed by atoms with Crippen LogP contribution in [-0.2, 0) is 51.3 Å². The predicted molar refractivity (Wildman–Crippen MR) is 277 cm³/mol. The summed E-state index contributed by atoms with van der Waals surface area (Å²) in [6.45, 7) is 0.770. The smallest absolute Gasteiger partial charge is 0.328 e. The third-order valence-electron chi connectivity index (χ3n) is 13.1. The van der Waals surface area contributed by atoms with Gasteiger partial charge in [0.15, 0.2) is 9.84 Å². The minimum absolute atomic E-state index is 0.0288. The number of carbonyl (C=O) groups excluding carboxylic acids is 4. The Morgan fingerprint density at radius 1 is 0.514 bits per heavy atom. The molecule has 0 aliphatic carbocycles. The van der Waals surface area contributed by atoms with Crippen molar-refractivity contribution in [2.45, 2.75) is 49.6 Å². The Morgan fingerprint density at radius 2 is 0.857 bits per heavy atom. The third kappa shape index (κ3) is 13.8. The number of thioether (sulfide) groups is 1. The van der Waals surface area contributed by atoms with Crippen molar-refractivity contribution < 1.29 is 37.1 Å². The zero-order chi connectivity index (χ0) is 49.3. The Bertz CT molecular complexity index is 2620. The highest BCUT2D eigenvalue weighted by Gasteiger charge is 2.45. The van der Waals surface area contributed by atoms with Crippen molar-refractivity contribution in [2.24, 2.45) is 11.8 Å². The topological polar surface area (TPSA) is 127 Å². The van der Waals surface area contributed by atoms with Gasteiger partial charge in [-0.05, 0) is 82.4 Å². The van der Waals surface area contributed by atoms with Crippen molar-refractivity contribution in [1.82, 2.24) is 9.80 Å². The van der Waals surface area contributed by atoms with Crippen LogP contribution in [0.15, 0.2) is 182 Å². The molecule has 0 aromatic heterocycles. The number of likely N-dealkylation sites (tertiary alicyclic amines) is 2. The highest BCUT2D eigenvalue weighted by molar-refractivity contribution is 7.99. The molecule has 0 bridgehead atoms. The lowest BCUT2D eigenvalue weighted by Gasteiger charge is -2.28. The molecule has 0 saturated carbocycles. The fourth-order valence-electron chi connectivity index (χ4n) is 9.61. The molecular formula is C58H62N2O8S2. The Balaban J connectivity index is 0.000000207. The summed E-state index contributed by atoms with van der Waals surface area (Å²) < 4.78 is 36.0. The number of benzene rings is 6. The van der Waals surface area contributed by atoms with E-state index in [0.29, 0.717) is 19.4 Å². The molecule has 70 heavy (non-hydrogen) atoms. The standard InChI is InChI=1S/C29H31NO5S.C29H31NO3S/c1-35-29(32)26-19-23(21-36(33,34)18-17-22-11-5-2-6-12-22)20-30(26)28(31)27(24-13-7-3-8-14-24)25-15-9-4-10-16-25;1-33-29(32)26-19-23(21-34-18-17-22-11-5-2-6-12-22)20-30(26)28(31)27(24-13-7-3-8-14-24)25-15-9-4-10-16-25/h2-16,23,26-27H,17-21H2,1H3;2-16,23,26-27H,17-21H2,1H3/t2*23-,26-/m00/s1. The summed E-state index contributed by atoms with van der Waals surface area (Å²) in [5.41, 5.74) is 5.79. The van der Waals surface area contributed by atoms with Crippen molar-refractivity contribution in [3.63, 3.8) is 0 Å². The molecule has 6 aromatic carbocycles. The molecule has 0 spiro atoms. The third-order valence-corrected chi connectivity index (χ3v) is 16.1. The van der Waals surface area contributed by atoms with Crippen LogP contribution in [0.5, 0.6) is 0 Å². The second-order valence-electron chi connectivity index (χ2n) is 17.9. The molecule has 10 nitrogen and oxygen atoms in total. The minimum Gasteiger partial charge on any atom is -0.467 e. The fraction of sp³-hybridized carbons (Fsp3) is 0.310. The van der Waals surface area contributed by atoms with Crippen LogP contribution in [0.3, 0.4) is 0 Å². The summed E-state index contributed by atoms with van der Waals surface area (Å²) >= 11 is 1.89. The maximum atomic E-state index is 14.0. The Hall–Kier alpha value is -6.50. The van der Waals surface area contributed by atoms with Gasteiger partial charge in [0.1, 0.15) is 12.1 Å². The van der Waals surface area contributed by atoms with Crippen LogP contribution in [-0.4, -0.2) is 104 Å². The van der Waals surface area contributed by atoms with Crippen LogP contribution in [0.4, 0.5) is 0 Å². The summed E-state index contributed by atoms with van der Waals surface area (Å²) in [6, 6.07) is 57.1. The van der Waals surface area contributed by atoms with E-state index >= 15 is 0 Å². The van der Waals surface area contributed by atoms with Gasteiger partial charge in [-0.2, -0.15) is 11.8 Å². The van der Waals surface area contributed by atoms with Gasteiger partial charge < -0.3 is 19.3 Å². The molecule has 0 radical (unpaired) electrons. The molecule has 12 heteroatoms. The summed E-state index contributed by atoms with van der Waals surface area (Å²) in [5, 5.41) is 0. The average molecular weight is 979 g/mol. The van der Waals surface area contributed by atoms with Crippen LogP contribution in [0.1, 0.15) is 58.1 Å². The van der Waals surface area contributed by atoms with Crippen LogP contribution in [0.25, 0.3) is 0 Å². The van der Waals surface area contributed by atoms with Gasteiger partial charge in [0.2, 0.25) is 11.8 Å². The van der Waals surface area contributed by atoms with E-state index in [2.05, 4.69) is 24.3 Å². The van der Waals surface area contributed by atoms with E-state index in [4.69, 9.17) is 9.47 Å². The molecule has 0 N–H and O–H groups in total. The number of sulfone groups is 1.